The number of carbonyl (C=O) groups is 1. The molecule has 0 aromatic heterocycles. The molecule has 1 amide bonds. The summed E-state index contributed by atoms with van der Waals surface area (Å²) in [6.45, 7) is 4.70. The number of allylic oxidation sites excluding steroid dienone is 19. The Kier molecular flexibility index (Phi) is 55.3. The topological polar surface area (TPSA) is 105 Å². The van der Waals surface area contributed by atoms with E-state index in [4.69, 9.17) is 9.05 Å². The van der Waals surface area contributed by atoms with Crippen LogP contribution in [0.3, 0.4) is 0 Å². The van der Waals surface area contributed by atoms with Crippen molar-refractivity contribution in [2.24, 2.45) is 0 Å². The highest BCUT2D eigenvalue weighted by Gasteiger charge is 2.27. The van der Waals surface area contributed by atoms with E-state index in [2.05, 4.69) is 129 Å². The molecule has 77 heavy (non-hydrogen) atoms. The molecule has 3 N–H and O–H groups in total. The SMILES string of the molecule is CC/C=C\C/C=C\C/C=C\C/C=C\C/C=C\C/C=C\C/C=C\C/C=C\C/C=C\CCCCCCCCCCCCCC(=O)NC(COP(=O)(O)OCC[N+](C)(C)C)C(O)/C=C/CCCCCCCCCCCCCCCC. The standard InChI is InChI=1S/C68H119N2O6P/c1-6-8-10-12-14-16-18-20-22-24-25-26-27-28-29-30-31-32-33-34-35-36-37-38-39-40-41-42-43-44-45-46-48-50-52-54-56-58-60-62-68(72)69-66(65-76-77(73,74)75-64-63-70(3,4)5)67(71)61-59-57-55-53-51-49-47-23-21-19-17-15-13-11-9-7-2/h8,10,14,16,20,22,25-26,28-29,31-32,34-35,37-38,40-41,59,61,66-67,71H,6-7,9,11-13,15,17-19,21,23-24,27,30,33,36,39,42-58,60,62-65H2,1-5H3,(H-,69,72,73,74)/p+1/b10-8-,16-14-,22-20-,26-25-,29-28-,32-31-,35-34-,38-37-,41-40-,61-59+. The number of phosphoric ester groups is 1. The number of amides is 1. The summed E-state index contributed by atoms with van der Waals surface area (Å²) in [5.41, 5.74) is 0. The fourth-order valence-electron chi connectivity index (χ4n) is 8.56. The summed E-state index contributed by atoms with van der Waals surface area (Å²) < 4.78 is 23.7. The van der Waals surface area contributed by atoms with Crippen LogP contribution in [0.1, 0.15) is 251 Å². The summed E-state index contributed by atoms with van der Waals surface area (Å²) in [5, 5.41) is 13.9. The number of likely N-dealkylation sites (N-methyl/N-ethyl adjacent to an activating group) is 1. The number of unbranched alkanes of at least 4 members (excludes halogenated alkanes) is 25. The molecule has 0 aromatic rings. The van der Waals surface area contributed by atoms with E-state index in [0.717, 1.165) is 96.3 Å². The lowest BCUT2D eigenvalue weighted by atomic mass is 10.0. The predicted octanol–water partition coefficient (Wildman–Crippen LogP) is 19.7. The smallest absolute Gasteiger partial charge is 0.387 e. The van der Waals surface area contributed by atoms with E-state index in [0.29, 0.717) is 17.4 Å². The molecule has 442 valence electrons. The predicted molar refractivity (Wildman–Crippen MR) is 336 cm³/mol. The third-order valence-electron chi connectivity index (χ3n) is 13.4. The summed E-state index contributed by atoms with van der Waals surface area (Å²) in [6, 6.07) is -0.855. The number of quaternary nitrogens is 1. The molecule has 0 aliphatic carbocycles. The van der Waals surface area contributed by atoms with Crippen LogP contribution in [0.15, 0.2) is 122 Å². The van der Waals surface area contributed by atoms with Gasteiger partial charge in [-0.15, -0.1) is 0 Å². The molecule has 0 aliphatic heterocycles. The average Bonchev–Trinajstić information content (AvgIpc) is 3.39. The Labute approximate surface area is 475 Å². The van der Waals surface area contributed by atoms with Gasteiger partial charge in [-0.05, 0) is 89.9 Å². The van der Waals surface area contributed by atoms with E-state index >= 15 is 0 Å². The van der Waals surface area contributed by atoms with Crippen LogP contribution in [0.25, 0.3) is 0 Å². The van der Waals surface area contributed by atoms with Crippen molar-refractivity contribution < 1.29 is 32.9 Å². The van der Waals surface area contributed by atoms with E-state index in [1.54, 1.807) is 6.08 Å². The number of hydrogen-bond acceptors (Lipinski definition) is 5. The second-order valence-corrected chi connectivity index (χ2v) is 23.5. The van der Waals surface area contributed by atoms with Crippen LogP contribution in [-0.4, -0.2) is 73.4 Å². The number of aliphatic hydroxyl groups is 1. The number of carbonyl (C=O) groups excluding carboxylic acids is 1. The summed E-state index contributed by atoms with van der Waals surface area (Å²) in [7, 11) is 1.56. The molecular formula is C68H120N2O6P+. The van der Waals surface area contributed by atoms with Crippen molar-refractivity contribution >= 4 is 13.7 Å². The van der Waals surface area contributed by atoms with Crippen molar-refractivity contribution in [1.82, 2.24) is 5.32 Å². The van der Waals surface area contributed by atoms with Crippen molar-refractivity contribution in [3.05, 3.63) is 122 Å². The molecule has 0 bridgehead atoms. The maximum absolute atomic E-state index is 13.0. The summed E-state index contributed by atoms with van der Waals surface area (Å²) in [6.07, 6.45) is 85.9. The Morgan fingerprint density at radius 3 is 1.14 bits per heavy atom. The highest BCUT2D eigenvalue weighted by Crippen LogP contribution is 2.43. The maximum Gasteiger partial charge on any atom is 0.472 e. The van der Waals surface area contributed by atoms with Gasteiger partial charge in [-0.1, -0.05) is 277 Å². The fourth-order valence-corrected chi connectivity index (χ4v) is 9.30. The number of rotatable bonds is 56. The van der Waals surface area contributed by atoms with Gasteiger partial charge in [0.25, 0.3) is 0 Å². The third kappa shape index (κ3) is 60.4. The minimum Gasteiger partial charge on any atom is -0.387 e. The van der Waals surface area contributed by atoms with Gasteiger partial charge >= 0.3 is 7.82 Å². The Morgan fingerprint density at radius 2 is 0.779 bits per heavy atom. The molecule has 3 unspecified atom stereocenters. The molecule has 0 saturated heterocycles. The molecule has 3 atom stereocenters. The molecule has 0 aromatic carbocycles. The Morgan fingerprint density at radius 1 is 0.455 bits per heavy atom. The lowest BCUT2D eigenvalue weighted by molar-refractivity contribution is -0.870. The van der Waals surface area contributed by atoms with Gasteiger partial charge in [-0.25, -0.2) is 4.57 Å². The minimum atomic E-state index is -4.35. The molecule has 0 heterocycles. The van der Waals surface area contributed by atoms with Crippen LogP contribution in [-0.2, 0) is 18.4 Å². The molecule has 0 radical (unpaired) electrons. The van der Waals surface area contributed by atoms with Gasteiger partial charge in [0.2, 0.25) is 5.91 Å². The number of aliphatic hydroxyl groups excluding tert-OH is 1. The molecule has 0 aliphatic rings. The van der Waals surface area contributed by atoms with Gasteiger partial charge in [0.05, 0.1) is 39.9 Å². The van der Waals surface area contributed by atoms with Crippen molar-refractivity contribution in [3.63, 3.8) is 0 Å². The van der Waals surface area contributed by atoms with Gasteiger partial charge in [0, 0.05) is 6.42 Å². The molecule has 9 heteroatoms. The first-order valence-corrected chi connectivity index (χ1v) is 32.9. The van der Waals surface area contributed by atoms with Crippen LogP contribution in [0.4, 0.5) is 0 Å². The average molecular weight is 1090 g/mol. The van der Waals surface area contributed by atoms with Crippen LogP contribution in [0.2, 0.25) is 0 Å². The molecule has 0 rings (SSSR count). The van der Waals surface area contributed by atoms with Crippen molar-refractivity contribution in [1.29, 1.82) is 0 Å². The Balaban J connectivity index is 4.10. The number of nitrogens with zero attached hydrogens (tertiary/aromatic N) is 1. The van der Waals surface area contributed by atoms with Gasteiger partial charge in [-0.3, -0.25) is 13.8 Å². The second-order valence-electron chi connectivity index (χ2n) is 22.1. The van der Waals surface area contributed by atoms with E-state index < -0.39 is 20.0 Å². The van der Waals surface area contributed by atoms with E-state index in [1.807, 2.05) is 27.2 Å². The van der Waals surface area contributed by atoms with E-state index in [-0.39, 0.29) is 19.1 Å². The van der Waals surface area contributed by atoms with Crippen molar-refractivity contribution in [2.75, 3.05) is 40.9 Å². The number of nitrogens with one attached hydrogen (secondary N) is 1. The summed E-state index contributed by atoms with van der Waals surface area (Å²) in [4.78, 5) is 23.3. The van der Waals surface area contributed by atoms with Crippen LogP contribution in [0.5, 0.6) is 0 Å². The normalized spacial score (nSPS) is 14.6. The highest BCUT2D eigenvalue weighted by atomic mass is 31.2. The van der Waals surface area contributed by atoms with Crippen molar-refractivity contribution in [2.45, 2.75) is 264 Å². The quantitative estimate of drug-likeness (QED) is 0.0243. The zero-order chi connectivity index (χ0) is 56.3. The molecule has 0 fully saturated rings. The Hall–Kier alpha value is -3.10. The number of hydrogen-bond donors (Lipinski definition) is 3. The largest absolute Gasteiger partial charge is 0.472 e. The number of phosphoric acid groups is 1. The highest BCUT2D eigenvalue weighted by molar-refractivity contribution is 7.47. The summed E-state index contributed by atoms with van der Waals surface area (Å²) >= 11 is 0. The van der Waals surface area contributed by atoms with E-state index in [9.17, 15) is 19.4 Å². The lowest BCUT2D eigenvalue weighted by Gasteiger charge is -2.25. The van der Waals surface area contributed by atoms with Crippen LogP contribution in [0, 0.1) is 0 Å². The van der Waals surface area contributed by atoms with Crippen molar-refractivity contribution in [3.8, 4) is 0 Å². The van der Waals surface area contributed by atoms with Gasteiger partial charge in [0.15, 0.2) is 0 Å². The third-order valence-corrected chi connectivity index (χ3v) is 14.4. The molecule has 0 spiro atoms. The molecular weight excluding hydrogens is 972 g/mol. The molecule has 0 saturated carbocycles. The van der Waals surface area contributed by atoms with Crippen LogP contribution >= 0.6 is 7.82 Å². The van der Waals surface area contributed by atoms with E-state index in [1.165, 1.54) is 135 Å². The molecule has 8 nitrogen and oxygen atoms in total. The first-order chi connectivity index (χ1) is 37.5. The fraction of sp³-hybridized carbons (Fsp3) is 0.691. The zero-order valence-corrected chi connectivity index (χ0v) is 51.3. The first kappa shape index (κ1) is 73.9. The van der Waals surface area contributed by atoms with Gasteiger partial charge in [-0.2, -0.15) is 0 Å². The lowest BCUT2D eigenvalue weighted by Crippen LogP contribution is -2.45. The van der Waals surface area contributed by atoms with Gasteiger partial charge < -0.3 is 19.8 Å². The monoisotopic (exact) mass is 1090 g/mol. The van der Waals surface area contributed by atoms with Gasteiger partial charge in [0.1, 0.15) is 13.2 Å². The first-order valence-electron chi connectivity index (χ1n) is 31.4. The maximum atomic E-state index is 13.0. The zero-order valence-electron chi connectivity index (χ0n) is 50.4. The Bertz CT molecular complexity index is 1670. The second kappa shape index (κ2) is 57.6. The summed E-state index contributed by atoms with van der Waals surface area (Å²) in [5.74, 6) is -0.184. The minimum absolute atomic E-state index is 0.0563. The van der Waals surface area contributed by atoms with Crippen LogP contribution < -0.4 is 5.32 Å².